The SMILES string of the molecule is CC1CCCN(Cc2cccnc2NN)C1=O. The van der Waals surface area contributed by atoms with Gasteiger partial charge >= 0.3 is 0 Å². The average molecular weight is 234 g/mol. The van der Waals surface area contributed by atoms with E-state index in [1.807, 2.05) is 24.0 Å². The van der Waals surface area contributed by atoms with Gasteiger partial charge < -0.3 is 10.3 Å². The number of hydrogen-bond donors (Lipinski definition) is 2. The molecule has 0 spiro atoms. The smallest absolute Gasteiger partial charge is 0.225 e. The Hall–Kier alpha value is -1.62. The summed E-state index contributed by atoms with van der Waals surface area (Å²) in [7, 11) is 0. The monoisotopic (exact) mass is 234 g/mol. The first kappa shape index (κ1) is 11.9. The Labute approximate surface area is 101 Å². The second kappa shape index (κ2) is 5.14. The third-order valence-electron chi connectivity index (χ3n) is 3.19. The van der Waals surface area contributed by atoms with Crippen LogP contribution >= 0.6 is 0 Å². The molecule has 3 N–H and O–H groups in total. The second-order valence-electron chi connectivity index (χ2n) is 4.46. The first-order chi connectivity index (χ1) is 8.22. The molecule has 0 radical (unpaired) electrons. The molecular weight excluding hydrogens is 216 g/mol. The number of rotatable bonds is 3. The summed E-state index contributed by atoms with van der Waals surface area (Å²) in [6.07, 6.45) is 3.74. The lowest BCUT2D eigenvalue weighted by Crippen LogP contribution is -2.39. The number of nitrogens with one attached hydrogen (secondary N) is 1. The minimum Gasteiger partial charge on any atom is -0.338 e. The lowest BCUT2D eigenvalue weighted by molar-refractivity contribution is -0.138. The highest BCUT2D eigenvalue weighted by molar-refractivity contribution is 5.79. The highest BCUT2D eigenvalue weighted by Gasteiger charge is 2.25. The Bertz CT molecular complexity index is 407. The maximum absolute atomic E-state index is 12.0. The molecule has 5 nitrogen and oxygen atoms in total. The van der Waals surface area contributed by atoms with Crippen LogP contribution in [0.1, 0.15) is 25.3 Å². The minimum atomic E-state index is 0.134. The summed E-state index contributed by atoms with van der Waals surface area (Å²) < 4.78 is 0. The Morgan fingerprint density at radius 3 is 3.24 bits per heavy atom. The molecule has 1 unspecified atom stereocenters. The van der Waals surface area contributed by atoms with Crippen LogP contribution in [0.2, 0.25) is 0 Å². The van der Waals surface area contributed by atoms with E-state index in [1.165, 1.54) is 0 Å². The fourth-order valence-corrected chi connectivity index (χ4v) is 2.19. The van der Waals surface area contributed by atoms with Crippen molar-refractivity contribution < 1.29 is 4.79 Å². The van der Waals surface area contributed by atoms with Crippen molar-refractivity contribution in [2.24, 2.45) is 11.8 Å². The van der Waals surface area contributed by atoms with Crippen molar-refractivity contribution in [2.45, 2.75) is 26.3 Å². The number of nitrogens with two attached hydrogens (primary N) is 1. The molecule has 1 aliphatic heterocycles. The minimum absolute atomic E-state index is 0.134. The quantitative estimate of drug-likeness (QED) is 0.607. The molecule has 5 heteroatoms. The van der Waals surface area contributed by atoms with Crippen LogP contribution < -0.4 is 11.3 Å². The lowest BCUT2D eigenvalue weighted by atomic mass is 9.99. The van der Waals surface area contributed by atoms with Crippen molar-refractivity contribution in [3.63, 3.8) is 0 Å². The third kappa shape index (κ3) is 2.55. The lowest BCUT2D eigenvalue weighted by Gasteiger charge is -2.31. The van der Waals surface area contributed by atoms with E-state index in [0.717, 1.165) is 24.9 Å². The Kier molecular flexibility index (Phi) is 3.58. The number of amides is 1. The highest BCUT2D eigenvalue weighted by atomic mass is 16.2. The molecule has 1 aromatic rings. The Balaban J connectivity index is 2.12. The molecule has 0 aromatic carbocycles. The van der Waals surface area contributed by atoms with Gasteiger partial charge in [-0.3, -0.25) is 4.79 Å². The zero-order valence-electron chi connectivity index (χ0n) is 10.0. The van der Waals surface area contributed by atoms with E-state index in [2.05, 4.69) is 10.4 Å². The van der Waals surface area contributed by atoms with Gasteiger partial charge in [-0.15, -0.1) is 0 Å². The average Bonchev–Trinajstić information content (AvgIpc) is 2.35. The predicted molar refractivity (Wildman–Crippen MR) is 65.9 cm³/mol. The Morgan fingerprint density at radius 2 is 2.47 bits per heavy atom. The van der Waals surface area contributed by atoms with Crippen molar-refractivity contribution in [3.05, 3.63) is 23.9 Å². The zero-order valence-corrected chi connectivity index (χ0v) is 10.0. The molecule has 1 amide bonds. The van der Waals surface area contributed by atoms with Gasteiger partial charge in [-0.2, -0.15) is 0 Å². The van der Waals surface area contributed by atoms with Crippen LogP contribution in [0, 0.1) is 5.92 Å². The van der Waals surface area contributed by atoms with Crippen molar-refractivity contribution >= 4 is 11.7 Å². The number of hydrazine groups is 1. The molecule has 92 valence electrons. The summed E-state index contributed by atoms with van der Waals surface area (Å²) >= 11 is 0. The van der Waals surface area contributed by atoms with Gasteiger partial charge in [-0.05, 0) is 18.9 Å². The summed E-state index contributed by atoms with van der Waals surface area (Å²) in [6, 6.07) is 3.79. The molecule has 0 bridgehead atoms. The van der Waals surface area contributed by atoms with Crippen LogP contribution in [-0.2, 0) is 11.3 Å². The fourth-order valence-electron chi connectivity index (χ4n) is 2.19. The number of carbonyl (C=O) groups is 1. The standard InChI is InChI=1S/C12H18N4O/c1-9-4-3-7-16(12(9)17)8-10-5-2-6-14-11(10)15-13/h2,5-6,9H,3-4,7-8,13H2,1H3,(H,14,15). The molecule has 1 saturated heterocycles. The van der Waals surface area contributed by atoms with Gasteiger partial charge in [0.15, 0.2) is 0 Å². The third-order valence-corrected chi connectivity index (χ3v) is 3.19. The number of nitrogen functional groups attached to an aromatic ring is 1. The molecule has 2 rings (SSSR count). The van der Waals surface area contributed by atoms with Crippen molar-refractivity contribution in [3.8, 4) is 0 Å². The van der Waals surface area contributed by atoms with Crippen molar-refractivity contribution in [1.29, 1.82) is 0 Å². The van der Waals surface area contributed by atoms with Crippen LogP contribution in [0.15, 0.2) is 18.3 Å². The van der Waals surface area contributed by atoms with E-state index < -0.39 is 0 Å². The van der Waals surface area contributed by atoms with E-state index in [0.29, 0.717) is 12.4 Å². The number of nitrogens with zero attached hydrogens (tertiary/aromatic N) is 2. The zero-order chi connectivity index (χ0) is 12.3. The number of anilines is 1. The second-order valence-corrected chi connectivity index (χ2v) is 4.46. The maximum Gasteiger partial charge on any atom is 0.225 e. The summed E-state index contributed by atoms with van der Waals surface area (Å²) in [6.45, 7) is 3.39. The van der Waals surface area contributed by atoms with Crippen LogP contribution in [0.4, 0.5) is 5.82 Å². The van der Waals surface area contributed by atoms with Crippen LogP contribution in [0.3, 0.4) is 0 Å². The number of pyridine rings is 1. The van der Waals surface area contributed by atoms with E-state index in [-0.39, 0.29) is 11.8 Å². The largest absolute Gasteiger partial charge is 0.338 e. The maximum atomic E-state index is 12.0. The number of carbonyl (C=O) groups excluding carboxylic acids is 1. The topological polar surface area (TPSA) is 71.2 Å². The van der Waals surface area contributed by atoms with Crippen molar-refractivity contribution in [2.75, 3.05) is 12.0 Å². The Morgan fingerprint density at radius 1 is 1.65 bits per heavy atom. The van der Waals surface area contributed by atoms with Gasteiger partial charge in [0, 0.05) is 30.8 Å². The highest BCUT2D eigenvalue weighted by Crippen LogP contribution is 2.21. The molecule has 17 heavy (non-hydrogen) atoms. The summed E-state index contributed by atoms with van der Waals surface area (Å²) in [5.74, 6) is 6.40. The van der Waals surface area contributed by atoms with Crippen LogP contribution in [0.5, 0.6) is 0 Å². The summed E-state index contributed by atoms with van der Waals surface area (Å²) in [5.41, 5.74) is 3.52. The number of aromatic nitrogens is 1. The predicted octanol–water partition coefficient (Wildman–Crippen LogP) is 1.13. The van der Waals surface area contributed by atoms with E-state index in [9.17, 15) is 4.79 Å². The molecular formula is C12H18N4O. The van der Waals surface area contributed by atoms with Crippen LogP contribution in [0.25, 0.3) is 0 Å². The van der Waals surface area contributed by atoms with Gasteiger partial charge in [0.05, 0.1) is 0 Å². The number of hydrogen-bond acceptors (Lipinski definition) is 4. The molecule has 1 atom stereocenters. The molecule has 0 aliphatic carbocycles. The van der Waals surface area contributed by atoms with Gasteiger partial charge in [0.25, 0.3) is 0 Å². The van der Waals surface area contributed by atoms with E-state index in [1.54, 1.807) is 6.20 Å². The molecule has 0 saturated carbocycles. The molecule has 1 fully saturated rings. The van der Waals surface area contributed by atoms with E-state index in [4.69, 9.17) is 5.84 Å². The van der Waals surface area contributed by atoms with Gasteiger partial charge in [0.2, 0.25) is 5.91 Å². The van der Waals surface area contributed by atoms with Gasteiger partial charge in [-0.1, -0.05) is 13.0 Å². The molecule has 2 heterocycles. The van der Waals surface area contributed by atoms with Gasteiger partial charge in [-0.25, -0.2) is 10.8 Å². The number of piperidine rings is 1. The van der Waals surface area contributed by atoms with E-state index >= 15 is 0 Å². The normalized spacial score (nSPS) is 20.5. The summed E-state index contributed by atoms with van der Waals surface area (Å²) in [4.78, 5) is 18.0. The van der Waals surface area contributed by atoms with Crippen molar-refractivity contribution in [1.82, 2.24) is 9.88 Å². The molecule has 1 aliphatic rings. The fraction of sp³-hybridized carbons (Fsp3) is 0.500. The van der Waals surface area contributed by atoms with Crippen LogP contribution in [-0.4, -0.2) is 22.3 Å². The number of likely N-dealkylation sites (tertiary alicyclic amines) is 1. The van der Waals surface area contributed by atoms with Gasteiger partial charge in [0.1, 0.15) is 5.82 Å². The first-order valence-electron chi connectivity index (χ1n) is 5.91. The molecule has 1 aromatic heterocycles. The summed E-state index contributed by atoms with van der Waals surface area (Å²) in [5, 5.41) is 0. The first-order valence-corrected chi connectivity index (χ1v) is 5.91.